The summed E-state index contributed by atoms with van der Waals surface area (Å²) in [5.41, 5.74) is -0.000113. The zero-order valence-electron chi connectivity index (χ0n) is 10.6. The van der Waals surface area contributed by atoms with E-state index in [2.05, 4.69) is 5.32 Å². The lowest BCUT2D eigenvalue weighted by atomic mass is 9.80. The van der Waals surface area contributed by atoms with Gasteiger partial charge in [-0.1, -0.05) is 13.0 Å². The number of hydrogen-bond donors (Lipinski definition) is 1. The van der Waals surface area contributed by atoms with Crippen molar-refractivity contribution < 1.29 is 13.5 Å². The SMILES string of the molecule is CCNCC1(Cc2c(F)cccc2F)CCOC1. The Bertz CT molecular complexity index is 383. The van der Waals surface area contributed by atoms with Crippen LogP contribution in [0, 0.1) is 17.0 Å². The van der Waals surface area contributed by atoms with E-state index in [0.29, 0.717) is 19.6 Å². The molecule has 0 saturated carbocycles. The van der Waals surface area contributed by atoms with Gasteiger partial charge in [0.25, 0.3) is 0 Å². The van der Waals surface area contributed by atoms with E-state index in [-0.39, 0.29) is 11.0 Å². The van der Waals surface area contributed by atoms with Crippen LogP contribution < -0.4 is 5.32 Å². The Hall–Kier alpha value is -1.00. The molecule has 0 aliphatic carbocycles. The second-order valence-corrected chi connectivity index (χ2v) is 4.96. The molecule has 1 atom stereocenters. The first-order chi connectivity index (χ1) is 8.67. The van der Waals surface area contributed by atoms with Gasteiger partial charge in [0, 0.05) is 24.1 Å². The fourth-order valence-electron chi connectivity index (χ4n) is 2.46. The Morgan fingerprint density at radius 3 is 2.61 bits per heavy atom. The first-order valence-corrected chi connectivity index (χ1v) is 6.38. The third-order valence-corrected chi connectivity index (χ3v) is 3.55. The van der Waals surface area contributed by atoms with Crippen LogP contribution in [0.5, 0.6) is 0 Å². The molecule has 1 fully saturated rings. The molecule has 0 spiro atoms. The molecule has 1 heterocycles. The lowest BCUT2D eigenvalue weighted by molar-refractivity contribution is 0.148. The topological polar surface area (TPSA) is 21.3 Å². The monoisotopic (exact) mass is 255 g/mol. The van der Waals surface area contributed by atoms with Gasteiger partial charge in [0.1, 0.15) is 11.6 Å². The van der Waals surface area contributed by atoms with Crippen LogP contribution in [-0.4, -0.2) is 26.3 Å². The summed E-state index contributed by atoms with van der Waals surface area (Å²) in [7, 11) is 0. The molecule has 4 heteroatoms. The average Bonchev–Trinajstić information content (AvgIpc) is 2.81. The van der Waals surface area contributed by atoms with Gasteiger partial charge < -0.3 is 10.1 Å². The van der Waals surface area contributed by atoms with Gasteiger partial charge in [-0.3, -0.25) is 0 Å². The third-order valence-electron chi connectivity index (χ3n) is 3.55. The van der Waals surface area contributed by atoms with Crippen molar-refractivity contribution in [2.45, 2.75) is 19.8 Å². The van der Waals surface area contributed by atoms with Crippen LogP contribution in [0.2, 0.25) is 0 Å². The highest BCUT2D eigenvalue weighted by molar-refractivity contribution is 5.21. The van der Waals surface area contributed by atoms with E-state index in [1.807, 2.05) is 6.92 Å². The van der Waals surface area contributed by atoms with Gasteiger partial charge in [-0.15, -0.1) is 0 Å². The van der Waals surface area contributed by atoms with Gasteiger partial charge in [-0.2, -0.15) is 0 Å². The van der Waals surface area contributed by atoms with E-state index in [1.54, 1.807) is 0 Å². The van der Waals surface area contributed by atoms with Crippen molar-refractivity contribution in [2.24, 2.45) is 5.41 Å². The van der Waals surface area contributed by atoms with Crippen LogP contribution >= 0.6 is 0 Å². The summed E-state index contributed by atoms with van der Waals surface area (Å²) in [4.78, 5) is 0. The van der Waals surface area contributed by atoms with Gasteiger partial charge >= 0.3 is 0 Å². The zero-order chi connectivity index (χ0) is 13.0. The minimum absolute atomic E-state index is 0.181. The molecule has 100 valence electrons. The zero-order valence-corrected chi connectivity index (χ0v) is 10.6. The van der Waals surface area contributed by atoms with E-state index < -0.39 is 11.6 Å². The highest BCUT2D eigenvalue weighted by atomic mass is 19.1. The Morgan fingerprint density at radius 2 is 2.06 bits per heavy atom. The summed E-state index contributed by atoms with van der Waals surface area (Å²) in [6.45, 7) is 4.83. The Kier molecular flexibility index (Phi) is 4.30. The number of benzene rings is 1. The van der Waals surface area contributed by atoms with E-state index in [0.717, 1.165) is 19.5 Å². The molecular formula is C14H19F2NO. The molecule has 2 nitrogen and oxygen atoms in total. The van der Waals surface area contributed by atoms with Crippen molar-refractivity contribution in [1.82, 2.24) is 5.32 Å². The summed E-state index contributed by atoms with van der Waals surface area (Å²) in [6.07, 6.45) is 1.23. The maximum Gasteiger partial charge on any atom is 0.129 e. The van der Waals surface area contributed by atoms with Crippen molar-refractivity contribution in [1.29, 1.82) is 0 Å². The molecule has 1 saturated heterocycles. The highest BCUT2D eigenvalue weighted by Gasteiger charge is 2.36. The molecule has 1 N–H and O–H groups in total. The summed E-state index contributed by atoms with van der Waals surface area (Å²) >= 11 is 0. The van der Waals surface area contributed by atoms with Crippen molar-refractivity contribution in [2.75, 3.05) is 26.3 Å². The minimum Gasteiger partial charge on any atom is -0.381 e. The minimum atomic E-state index is -0.460. The van der Waals surface area contributed by atoms with Gasteiger partial charge in [0.05, 0.1) is 6.61 Å². The number of ether oxygens (including phenoxy) is 1. The summed E-state index contributed by atoms with van der Waals surface area (Å²) in [6, 6.07) is 4.03. The number of hydrogen-bond acceptors (Lipinski definition) is 2. The van der Waals surface area contributed by atoms with Crippen LogP contribution in [0.1, 0.15) is 18.9 Å². The lowest BCUT2D eigenvalue weighted by Gasteiger charge is -2.28. The van der Waals surface area contributed by atoms with Gasteiger partial charge in [0.2, 0.25) is 0 Å². The van der Waals surface area contributed by atoms with E-state index in [9.17, 15) is 8.78 Å². The maximum atomic E-state index is 13.7. The van der Waals surface area contributed by atoms with Crippen molar-refractivity contribution >= 4 is 0 Å². The van der Waals surface area contributed by atoms with Crippen molar-refractivity contribution in [3.05, 3.63) is 35.4 Å². The lowest BCUT2D eigenvalue weighted by Crippen LogP contribution is -2.37. The Morgan fingerprint density at radius 1 is 1.33 bits per heavy atom. The van der Waals surface area contributed by atoms with Gasteiger partial charge in [-0.05, 0) is 31.5 Å². The molecule has 0 aromatic heterocycles. The normalized spacial score (nSPS) is 23.5. The highest BCUT2D eigenvalue weighted by Crippen LogP contribution is 2.33. The molecule has 1 aromatic rings. The third kappa shape index (κ3) is 2.87. The molecular weight excluding hydrogens is 236 g/mol. The molecule has 1 unspecified atom stereocenters. The molecule has 1 aliphatic rings. The first-order valence-electron chi connectivity index (χ1n) is 6.38. The molecule has 1 aromatic carbocycles. The van der Waals surface area contributed by atoms with Crippen LogP contribution in [0.25, 0.3) is 0 Å². The largest absolute Gasteiger partial charge is 0.381 e. The van der Waals surface area contributed by atoms with E-state index >= 15 is 0 Å². The second kappa shape index (κ2) is 5.76. The fraction of sp³-hybridized carbons (Fsp3) is 0.571. The summed E-state index contributed by atoms with van der Waals surface area (Å²) < 4.78 is 32.8. The Balaban J connectivity index is 2.18. The van der Waals surface area contributed by atoms with Crippen molar-refractivity contribution in [3.63, 3.8) is 0 Å². The molecule has 0 amide bonds. The summed E-state index contributed by atoms with van der Waals surface area (Å²) in [5.74, 6) is -0.921. The predicted molar refractivity (Wildman–Crippen MR) is 66.5 cm³/mol. The average molecular weight is 255 g/mol. The predicted octanol–water partition coefficient (Wildman–Crippen LogP) is 2.52. The molecule has 1 aliphatic heterocycles. The van der Waals surface area contributed by atoms with Gasteiger partial charge in [-0.25, -0.2) is 8.78 Å². The quantitative estimate of drug-likeness (QED) is 0.873. The van der Waals surface area contributed by atoms with Crippen LogP contribution in [0.4, 0.5) is 8.78 Å². The Labute approximate surface area is 106 Å². The van der Waals surface area contributed by atoms with Crippen LogP contribution in [0.3, 0.4) is 0 Å². The van der Waals surface area contributed by atoms with Crippen LogP contribution in [-0.2, 0) is 11.2 Å². The van der Waals surface area contributed by atoms with Crippen LogP contribution in [0.15, 0.2) is 18.2 Å². The number of rotatable bonds is 5. The molecule has 0 bridgehead atoms. The van der Waals surface area contributed by atoms with Gasteiger partial charge in [0.15, 0.2) is 0 Å². The molecule has 2 rings (SSSR count). The standard InChI is InChI=1S/C14H19F2NO/c1-2-17-9-14(6-7-18-10-14)8-11-12(15)4-3-5-13(11)16/h3-5,17H,2,6-10H2,1H3. The van der Waals surface area contributed by atoms with E-state index in [4.69, 9.17) is 4.74 Å². The first kappa shape index (κ1) is 13.4. The summed E-state index contributed by atoms with van der Waals surface area (Å²) in [5, 5.41) is 3.27. The molecule has 0 radical (unpaired) electrons. The smallest absolute Gasteiger partial charge is 0.129 e. The fourth-order valence-corrected chi connectivity index (χ4v) is 2.46. The van der Waals surface area contributed by atoms with Crippen molar-refractivity contribution in [3.8, 4) is 0 Å². The number of nitrogens with one attached hydrogen (secondary N) is 1. The number of halogens is 2. The molecule has 18 heavy (non-hydrogen) atoms. The van der Waals surface area contributed by atoms with E-state index in [1.165, 1.54) is 18.2 Å². The maximum absolute atomic E-state index is 13.7. The second-order valence-electron chi connectivity index (χ2n) is 4.96.